The summed E-state index contributed by atoms with van der Waals surface area (Å²) in [7, 11) is 0. The van der Waals surface area contributed by atoms with Gasteiger partial charge in [0.2, 0.25) is 0 Å². The van der Waals surface area contributed by atoms with Crippen LogP contribution in [0.3, 0.4) is 0 Å². The van der Waals surface area contributed by atoms with Crippen molar-refractivity contribution >= 4 is 17.2 Å². The fraction of sp³-hybridized carbons (Fsp3) is 0.688. The summed E-state index contributed by atoms with van der Waals surface area (Å²) in [5.74, 6) is 0.838. The van der Waals surface area contributed by atoms with E-state index in [2.05, 4.69) is 19.2 Å². The zero-order chi connectivity index (χ0) is 14.5. The Balaban J connectivity index is 1.90. The third-order valence-electron chi connectivity index (χ3n) is 4.39. The Morgan fingerprint density at radius 3 is 2.70 bits per heavy atom. The number of aliphatic hydroxyl groups is 1. The largest absolute Gasteiger partial charge is 0.396 e. The number of thiophene rings is 1. The van der Waals surface area contributed by atoms with Crippen LogP contribution in [0.5, 0.6) is 0 Å². The molecule has 1 saturated carbocycles. The molecule has 1 aliphatic rings. The molecule has 0 aromatic carbocycles. The van der Waals surface area contributed by atoms with E-state index in [-0.39, 0.29) is 12.5 Å². The molecule has 1 amide bonds. The predicted octanol–water partition coefficient (Wildman–Crippen LogP) is 3.15. The number of carbonyl (C=O) groups excluding carboxylic acids is 1. The van der Waals surface area contributed by atoms with E-state index in [1.165, 1.54) is 23.3 Å². The Morgan fingerprint density at radius 1 is 1.40 bits per heavy atom. The zero-order valence-corrected chi connectivity index (χ0v) is 13.3. The highest BCUT2D eigenvalue weighted by atomic mass is 32.1. The second kappa shape index (κ2) is 7.23. The molecule has 0 saturated heterocycles. The first kappa shape index (κ1) is 15.5. The summed E-state index contributed by atoms with van der Waals surface area (Å²) >= 11 is 1.60. The van der Waals surface area contributed by atoms with Crippen molar-refractivity contribution in [3.63, 3.8) is 0 Å². The summed E-state index contributed by atoms with van der Waals surface area (Å²) in [6.45, 7) is 5.13. The van der Waals surface area contributed by atoms with Crippen molar-refractivity contribution in [3.05, 3.63) is 21.4 Å². The molecule has 1 aliphatic carbocycles. The van der Waals surface area contributed by atoms with Crippen molar-refractivity contribution in [1.82, 2.24) is 5.32 Å². The maximum atomic E-state index is 12.2. The lowest BCUT2D eigenvalue weighted by Crippen LogP contribution is -2.35. The summed E-state index contributed by atoms with van der Waals surface area (Å²) in [5.41, 5.74) is 1.22. The molecule has 2 atom stereocenters. The summed E-state index contributed by atoms with van der Waals surface area (Å²) in [6, 6.07) is 1.99. The second-order valence-corrected chi connectivity index (χ2v) is 6.90. The fourth-order valence-electron chi connectivity index (χ4n) is 3.09. The Morgan fingerprint density at radius 2 is 2.10 bits per heavy atom. The van der Waals surface area contributed by atoms with Gasteiger partial charge in [-0.15, -0.1) is 11.3 Å². The van der Waals surface area contributed by atoms with Gasteiger partial charge in [-0.2, -0.15) is 0 Å². The monoisotopic (exact) mass is 295 g/mol. The molecule has 4 heteroatoms. The molecule has 1 aromatic heterocycles. The first-order valence-electron chi connectivity index (χ1n) is 7.64. The molecule has 1 heterocycles. The van der Waals surface area contributed by atoms with Crippen molar-refractivity contribution in [2.45, 2.75) is 46.0 Å². The fourth-order valence-corrected chi connectivity index (χ4v) is 4.12. The minimum absolute atomic E-state index is 0.0417. The zero-order valence-electron chi connectivity index (χ0n) is 12.4. The molecule has 112 valence electrons. The molecular weight excluding hydrogens is 270 g/mol. The smallest absolute Gasteiger partial charge is 0.261 e. The first-order valence-corrected chi connectivity index (χ1v) is 8.45. The van der Waals surface area contributed by atoms with Crippen LogP contribution in [-0.4, -0.2) is 24.2 Å². The second-order valence-electron chi connectivity index (χ2n) is 5.77. The van der Waals surface area contributed by atoms with E-state index in [9.17, 15) is 9.90 Å². The van der Waals surface area contributed by atoms with E-state index < -0.39 is 0 Å². The van der Waals surface area contributed by atoms with Crippen LogP contribution in [0.25, 0.3) is 0 Å². The number of hydrogen-bond acceptors (Lipinski definition) is 3. The molecular formula is C16H25NO2S. The van der Waals surface area contributed by atoms with Gasteiger partial charge in [0.1, 0.15) is 0 Å². The summed E-state index contributed by atoms with van der Waals surface area (Å²) in [4.78, 5) is 14.3. The van der Waals surface area contributed by atoms with Gasteiger partial charge in [0, 0.05) is 18.0 Å². The average molecular weight is 295 g/mol. The number of nitrogens with one attached hydrogen (secondary N) is 1. The van der Waals surface area contributed by atoms with Gasteiger partial charge in [0.15, 0.2) is 0 Å². The van der Waals surface area contributed by atoms with E-state index in [1.807, 2.05) is 6.07 Å². The maximum absolute atomic E-state index is 12.2. The van der Waals surface area contributed by atoms with Gasteiger partial charge in [-0.3, -0.25) is 4.79 Å². The van der Waals surface area contributed by atoms with Crippen molar-refractivity contribution < 1.29 is 9.90 Å². The number of carbonyl (C=O) groups is 1. The molecule has 0 radical (unpaired) electrons. The topological polar surface area (TPSA) is 49.3 Å². The molecule has 1 fully saturated rings. The summed E-state index contributed by atoms with van der Waals surface area (Å²) < 4.78 is 0. The van der Waals surface area contributed by atoms with Gasteiger partial charge in [0.05, 0.1) is 4.88 Å². The van der Waals surface area contributed by atoms with Gasteiger partial charge < -0.3 is 10.4 Å². The molecule has 0 spiro atoms. The van der Waals surface area contributed by atoms with Gasteiger partial charge in [-0.05, 0) is 49.7 Å². The SMILES string of the molecule is CCc1sc(C(=O)NCC2CCCCC2CO)cc1C. The Hall–Kier alpha value is -0.870. The van der Waals surface area contributed by atoms with Crippen LogP contribution in [0.1, 0.15) is 52.7 Å². The normalized spacial score (nSPS) is 22.8. The number of hydrogen-bond donors (Lipinski definition) is 2. The molecule has 2 rings (SSSR count). The quantitative estimate of drug-likeness (QED) is 0.876. The minimum atomic E-state index is 0.0417. The van der Waals surface area contributed by atoms with Crippen molar-refractivity contribution in [1.29, 1.82) is 0 Å². The van der Waals surface area contributed by atoms with Crippen LogP contribution in [0, 0.1) is 18.8 Å². The number of amides is 1. The van der Waals surface area contributed by atoms with Crippen LogP contribution in [-0.2, 0) is 6.42 Å². The van der Waals surface area contributed by atoms with Crippen LogP contribution >= 0.6 is 11.3 Å². The Labute approximate surface area is 125 Å². The molecule has 2 unspecified atom stereocenters. The standard InChI is InChI=1S/C16H25NO2S/c1-3-14-11(2)8-15(20-14)16(19)17-9-12-6-4-5-7-13(12)10-18/h8,12-13,18H,3-7,9-10H2,1-2H3,(H,17,19). The molecule has 0 aliphatic heterocycles. The molecule has 2 N–H and O–H groups in total. The predicted molar refractivity (Wildman–Crippen MR) is 83.3 cm³/mol. The lowest BCUT2D eigenvalue weighted by atomic mass is 9.79. The Kier molecular flexibility index (Phi) is 5.61. The van der Waals surface area contributed by atoms with E-state index in [0.29, 0.717) is 18.4 Å². The van der Waals surface area contributed by atoms with Gasteiger partial charge >= 0.3 is 0 Å². The third kappa shape index (κ3) is 3.61. The minimum Gasteiger partial charge on any atom is -0.396 e. The third-order valence-corrected chi connectivity index (χ3v) is 5.77. The summed E-state index contributed by atoms with van der Waals surface area (Å²) in [6.07, 6.45) is 5.62. The lowest BCUT2D eigenvalue weighted by molar-refractivity contribution is 0.0913. The van der Waals surface area contributed by atoms with Crippen LogP contribution in [0.2, 0.25) is 0 Å². The van der Waals surface area contributed by atoms with Gasteiger partial charge in [-0.1, -0.05) is 19.8 Å². The highest BCUT2D eigenvalue weighted by molar-refractivity contribution is 7.14. The highest BCUT2D eigenvalue weighted by Gasteiger charge is 2.25. The molecule has 3 nitrogen and oxygen atoms in total. The first-order chi connectivity index (χ1) is 9.65. The Bertz CT molecular complexity index is 455. The lowest BCUT2D eigenvalue weighted by Gasteiger charge is -2.30. The number of aliphatic hydroxyl groups excluding tert-OH is 1. The van der Waals surface area contributed by atoms with E-state index in [1.54, 1.807) is 11.3 Å². The van der Waals surface area contributed by atoms with E-state index >= 15 is 0 Å². The van der Waals surface area contributed by atoms with Crippen molar-refractivity contribution in [3.8, 4) is 0 Å². The molecule has 1 aromatic rings. The van der Waals surface area contributed by atoms with Gasteiger partial charge in [-0.25, -0.2) is 0 Å². The van der Waals surface area contributed by atoms with Crippen molar-refractivity contribution in [2.24, 2.45) is 11.8 Å². The average Bonchev–Trinajstić information content (AvgIpc) is 2.86. The van der Waals surface area contributed by atoms with Gasteiger partial charge in [0.25, 0.3) is 5.91 Å². The number of rotatable bonds is 5. The molecule has 0 bridgehead atoms. The number of aryl methyl sites for hydroxylation is 2. The van der Waals surface area contributed by atoms with Crippen LogP contribution < -0.4 is 5.32 Å². The van der Waals surface area contributed by atoms with Crippen LogP contribution in [0.15, 0.2) is 6.07 Å². The molecule has 20 heavy (non-hydrogen) atoms. The van der Waals surface area contributed by atoms with Crippen LogP contribution in [0.4, 0.5) is 0 Å². The van der Waals surface area contributed by atoms with E-state index in [4.69, 9.17) is 0 Å². The highest BCUT2D eigenvalue weighted by Crippen LogP contribution is 2.29. The van der Waals surface area contributed by atoms with E-state index in [0.717, 1.165) is 24.1 Å². The maximum Gasteiger partial charge on any atom is 0.261 e. The summed E-state index contributed by atoms with van der Waals surface area (Å²) in [5, 5.41) is 12.5. The van der Waals surface area contributed by atoms with Crippen molar-refractivity contribution in [2.75, 3.05) is 13.2 Å².